The van der Waals surface area contributed by atoms with Gasteiger partial charge in [-0.3, -0.25) is 14.4 Å². The highest BCUT2D eigenvalue weighted by Gasteiger charge is 2.19. The van der Waals surface area contributed by atoms with Crippen LogP contribution in [0.2, 0.25) is 0 Å². The van der Waals surface area contributed by atoms with Gasteiger partial charge in [0.2, 0.25) is 0 Å². The third-order valence-corrected chi connectivity index (χ3v) is 14.3. The maximum absolute atomic E-state index is 12.9. The highest BCUT2D eigenvalue weighted by atomic mass is 16.6. The molecule has 1 unspecified atom stereocenters. The Labute approximate surface area is 489 Å². The van der Waals surface area contributed by atoms with Crippen molar-refractivity contribution in [2.75, 3.05) is 13.2 Å². The van der Waals surface area contributed by atoms with E-state index in [1.165, 1.54) is 141 Å². The third-order valence-electron chi connectivity index (χ3n) is 14.3. The van der Waals surface area contributed by atoms with Crippen LogP contribution in [0.3, 0.4) is 0 Å². The molecule has 0 aliphatic heterocycles. The molecule has 0 aliphatic rings. The van der Waals surface area contributed by atoms with Gasteiger partial charge in [0.1, 0.15) is 13.2 Å². The second kappa shape index (κ2) is 66.6. The summed E-state index contributed by atoms with van der Waals surface area (Å²) in [7, 11) is 0. The minimum absolute atomic E-state index is 0.0873. The molecule has 79 heavy (non-hydrogen) atoms. The molecular formula is C73H124O6. The Morgan fingerprint density at radius 1 is 0.266 bits per heavy atom. The number of carbonyl (C=O) groups is 3. The van der Waals surface area contributed by atoms with E-state index in [-0.39, 0.29) is 31.1 Å². The van der Waals surface area contributed by atoms with E-state index in [1.54, 1.807) is 0 Å². The molecule has 6 nitrogen and oxygen atoms in total. The lowest BCUT2D eigenvalue weighted by molar-refractivity contribution is -0.167. The van der Waals surface area contributed by atoms with Gasteiger partial charge < -0.3 is 14.2 Å². The van der Waals surface area contributed by atoms with Crippen molar-refractivity contribution in [1.29, 1.82) is 0 Å². The smallest absolute Gasteiger partial charge is 0.306 e. The molecule has 6 heteroatoms. The zero-order valence-electron chi connectivity index (χ0n) is 51.9. The molecule has 452 valence electrons. The maximum Gasteiger partial charge on any atom is 0.306 e. The van der Waals surface area contributed by atoms with Gasteiger partial charge in [-0.1, -0.05) is 297 Å². The Morgan fingerprint density at radius 2 is 0.494 bits per heavy atom. The van der Waals surface area contributed by atoms with Crippen LogP contribution in [0.4, 0.5) is 0 Å². The largest absolute Gasteiger partial charge is 0.462 e. The molecule has 0 bridgehead atoms. The number of allylic oxidation sites excluding steroid dienone is 18. The Morgan fingerprint density at radius 3 is 0.785 bits per heavy atom. The first-order valence-electron chi connectivity index (χ1n) is 33.4. The zero-order valence-corrected chi connectivity index (χ0v) is 51.9. The summed E-state index contributed by atoms with van der Waals surface area (Å²) in [6, 6.07) is 0. The predicted molar refractivity (Wildman–Crippen MR) is 343 cm³/mol. The lowest BCUT2D eigenvalue weighted by Gasteiger charge is -2.18. The van der Waals surface area contributed by atoms with Crippen molar-refractivity contribution in [2.24, 2.45) is 0 Å². The van der Waals surface area contributed by atoms with Gasteiger partial charge in [0.25, 0.3) is 0 Å². The SMILES string of the molecule is CC/C=C\C/C=C\C/C=C\C/C=C\C/C=C\C/C=C\C/C=C\C/C=C\CCCCCCC(=O)OCC(COC(=O)CCCCCCCCCCCCCCCCCC)OC(=O)CCCCCCC/C=C\CCCCCCCCC. The van der Waals surface area contributed by atoms with Crippen molar-refractivity contribution >= 4 is 17.9 Å². The minimum Gasteiger partial charge on any atom is -0.462 e. The second-order valence-corrected chi connectivity index (χ2v) is 22.0. The number of hydrogen-bond donors (Lipinski definition) is 0. The van der Waals surface area contributed by atoms with Crippen LogP contribution in [0.25, 0.3) is 0 Å². The van der Waals surface area contributed by atoms with Crippen LogP contribution in [-0.4, -0.2) is 37.2 Å². The molecule has 0 saturated carbocycles. The summed E-state index contributed by atoms with van der Waals surface area (Å²) in [4.78, 5) is 38.4. The minimum atomic E-state index is -0.794. The molecule has 0 aliphatic carbocycles. The molecular weight excluding hydrogens is 973 g/mol. The predicted octanol–water partition coefficient (Wildman–Crippen LogP) is 23.0. The van der Waals surface area contributed by atoms with E-state index in [4.69, 9.17) is 14.2 Å². The molecule has 0 aromatic rings. The Bertz CT molecular complexity index is 1590. The number of hydrogen-bond acceptors (Lipinski definition) is 6. The van der Waals surface area contributed by atoms with Crippen molar-refractivity contribution in [3.05, 3.63) is 109 Å². The Kier molecular flexibility index (Phi) is 63.3. The van der Waals surface area contributed by atoms with Gasteiger partial charge in [-0.25, -0.2) is 0 Å². The van der Waals surface area contributed by atoms with Crippen molar-refractivity contribution in [2.45, 2.75) is 322 Å². The van der Waals surface area contributed by atoms with Gasteiger partial charge in [0.05, 0.1) is 0 Å². The monoisotopic (exact) mass is 1100 g/mol. The van der Waals surface area contributed by atoms with E-state index < -0.39 is 6.10 Å². The molecule has 0 spiro atoms. The van der Waals surface area contributed by atoms with Crippen molar-refractivity contribution < 1.29 is 28.6 Å². The van der Waals surface area contributed by atoms with Crippen LogP contribution < -0.4 is 0 Å². The van der Waals surface area contributed by atoms with Crippen molar-refractivity contribution in [3.8, 4) is 0 Å². The summed E-state index contributed by atoms with van der Waals surface area (Å²) in [6.45, 7) is 6.53. The molecule has 0 radical (unpaired) electrons. The van der Waals surface area contributed by atoms with E-state index >= 15 is 0 Å². The van der Waals surface area contributed by atoms with Crippen molar-refractivity contribution in [1.82, 2.24) is 0 Å². The standard InChI is InChI=1S/C73H124O6/c1-4-7-10-13-16-19-22-25-28-31-32-33-34-35-36-37-38-39-40-41-42-43-46-48-51-54-57-60-63-66-72(75)78-69-70(79-73(76)67-64-61-58-55-52-49-45-30-27-24-21-18-15-12-9-6-3)68-77-71(74)65-62-59-56-53-50-47-44-29-26-23-20-17-14-11-8-5-2/h7,10,16,19,25,28,30,32-33,35-36,38-39,41-42,45-46,48,70H,4-6,8-9,11-15,17-18,20-24,26-27,29,31,34,37,40,43-44,47,49-69H2,1-3H3/b10-7-,19-16-,28-25-,33-32-,36-35-,39-38-,42-41-,45-30-,48-46-. The van der Waals surface area contributed by atoms with E-state index in [0.29, 0.717) is 19.3 Å². The molecule has 0 fully saturated rings. The van der Waals surface area contributed by atoms with Gasteiger partial charge in [0, 0.05) is 19.3 Å². The van der Waals surface area contributed by atoms with E-state index in [2.05, 4.69) is 130 Å². The lowest BCUT2D eigenvalue weighted by atomic mass is 10.0. The van der Waals surface area contributed by atoms with Gasteiger partial charge in [0.15, 0.2) is 6.10 Å². The fraction of sp³-hybridized carbons (Fsp3) is 0.712. The van der Waals surface area contributed by atoms with Crippen LogP contribution in [-0.2, 0) is 28.6 Å². The average molecular weight is 1100 g/mol. The molecule has 0 aromatic carbocycles. The van der Waals surface area contributed by atoms with Crippen LogP contribution in [0.5, 0.6) is 0 Å². The number of unbranched alkanes of at least 4 members (excludes halogenated alkanes) is 31. The number of esters is 3. The third kappa shape index (κ3) is 64.8. The number of ether oxygens (including phenoxy) is 3. The maximum atomic E-state index is 12.9. The summed E-state index contributed by atoms with van der Waals surface area (Å²) in [5, 5.41) is 0. The summed E-state index contributed by atoms with van der Waals surface area (Å²) in [6.07, 6.45) is 90.9. The molecule has 0 amide bonds. The Balaban J connectivity index is 4.39. The summed E-state index contributed by atoms with van der Waals surface area (Å²) in [5.41, 5.74) is 0. The molecule has 0 N–H and O–H groups in total. The summed E-state index contributed by atoms with van der Waals surface area (Å²) < 4.78 is 16.9. The van der Waals surface area contributed by atoms with Crippen LogP contribution in [0.15, 0.2) is 109 Å². The fourth-order valence-electron chi connectivity index (χ4n) is 9.28. The van der Waals surface area contributed by atoms with E-state index in [0.717, 1.165) is 135 Å². The molecule has 0 saturated heterocycles. The van der Waals surface area contributed by atoms with Gasteiger partial charge in [-0.15, -0.1) is 0 Å². The summed E-state index contributed by atoms with van der Waals surface area (Å²) >= 11 is 0. The number of carbonyl (C=O) groups excluding carboxylic acids is 3. The fourth-order valence-corrected chi connectivity index (χ4v) is 9.28. The highest BCUT2D eigenvalue weighted by Crippen LogP contribution is 2.16. The van der Waals surface area contributed by atoms with Crippen LogP contribution >= 0.6 is 0 Å². The highest BCUT2D eigenvalue weighted by molar-refractivity contribution is 5.71. The van der Waals surface area contributed by atoms with E-state index in [9.17, 15) is 14.4 Å². The van der Waals surface area contributed by atoms with Crippen LogP contribution in [0.1, 0.15) is 316 Å². The molecule has 0 heterocycles. The first kappa shape index (κ1) is 75.1. The molecule has 0 rings (SSSR count). The second-order valence-electron chi connectivity index (χ2n) is 22.0. The molecule has 0 aromatic heterocycles. The summed E-state index contributed by atoms with van der Waals surface area (Å²) in [5.74, 6) is -0.911. The van der Waals surface area contributed by atoms with Gasteiger partial charge in [-0.2, -0.15) is 0 Å². The molecule has 1 atom stereocenters. The number of rotatable bonds is 60. The average Bonchev–Trinajstić information content (AvgIpc) is 3.45. The van der Waals surface area contributed by atoms with E-state index in [1.807, 2.05) is 0 Å². The quantitative estimate of drug-likeness (QED) is 0.0261. The Hall–Kier alpha value is -3.93. The zero-order chi connectivity index (χ0) is 57.1. The van der Waals surface area contributed by atoms with Gasteiger partial charge in [-0.05, 0) is 109 Å². The van der Waals surface area contributed by atoms with Gasteiger partial charge >= 0.3 is 17.9 Å². The topological polar surface area (TPSA) is 78.9 Å². The van der Waals surface area contributed by atoms with Crippen molar-refractivity contribution in [3.63, 3.8) is 0 Å². The lowest BCUT2D eigenvalue weighted by Crippen LogP contribution is -2.30. The first-order valence-corrected chi connectivity index (χ1v) is 33.4. The normalized spacial score (nSPS) is 12.8. The first-order chi connectivity index (χ1) is 39.0. The van der Waals surface area contributed by atoms with Crippen LogP contribution in [0, 0.1) is 0 Å².